The molecule has 0 unspecified atom stereocenters. The lowest BCUT2D eigenvalue weighted by Gasteiger charge is -2.32. The van der Waals surface area contributed by atoms with Crippen LogP contribution in [0.5, 0.6) is 0 Å². The van der Waals surface area contributed by atoms with Crippen molar-refractivity contribution in [1.82, 2.24) is 5.32 Å². The van der Waals surface area contributed by atoms with Crippen LogP contribution in [0.25, 0.3) is 16.2 Å². The van der Waals surface area contributed by atoms with Crippen molar-refractivity contribution < 1.29 is 14.1 Å². The molecule has 2 aliphatic heterocycles. The van der Waals surface area contributed by atoms with Crippen molar-refractivity contribution in [3.63, 3.8) is 0 Å². The topological polar surface area (TPSA) is 71.6 Å². The Morgan fingerprint density at radius 2 is 1.46 bits per heavy atom. The van der Waals surface area contributed by atoms with Gasteiger partial charge in [-0.25, -0.2) is 0 Å². The molecule has 2 aliphatic rings. The first-order valence-corrected chi connectivity index (χ1v) is 13.1. The normalized spacial score (nSPS) is 18.2. The maximum Gasteiger partial charge on any atom is 0.495 e. The first-order chi connectivity index (χ1) is 17.6. The van der Waals surface area contributed by atoms with E-state index >= 15 is 0 Å². The van der Waals surface area contributed by atoms with Gasteiger partial charge in [0.2, 0.25) is 5.91 Å². The van der Waals surface area contributed by atoms with Gasteiger partial charge in [-0.3, -0.25) is 4.79 Å². The molecule has 0 radical (unpaired) electrons. The zero-order valence-electron chi connectivity index (χ0n) is 22.6. The summed E-state index contributed by atoms with van der Waals surface area (Å²) in [6, 6.07) is 20.8. The fraction of sp³-hybridized carbons (Fsp3) is 0.345. The third-order valence-electron chi connectivity index (χ3n) is 7.85. The molecule has 8 heteroatoms. The quantitative estimate of drug-likeness (QED) is 0.312. The van der Waals surface area contributed by atoms with E-state index < -0.39 is 25.3 Å². The number of hydrogen-bond donors (Lipinski definition) is 3. The summed E-state index contributed by atoms with van der Waals surface area (Å²) < 4.78 is 13.1. The van der Waals surface area contributed by atoms with E-state index in [1.165, 1.54) is 5.56 Å². The lowest BCUT2D eigenvalue weighted by molar-refractivity contribution is -0.116. The second-order valence-electron chi connectivity index (χ2n) is 10.9. The molecule has 3 N–H and O–H groups in total. The number of anilines is 2. The van der Waals surface area contributed by atoms with Crippen molar-refractivity contribution >= 4 is 47.6 Å². The van der Waals surface area contributed by atoms with Crippen molar-refractivity contribution in [2.45, 2.75) is 58.7 Å². The lowest BCUT2D eigenvalue weighted by atomic mass is 9.56. The Balaban J connectivity index is 1.68. The van der Waals surface area contributed by atoms with E-state index in [0.29, 0.717) is 5.47 Å². The number of likely N-dealkylation sites (N-methyl/N-ethyl adjacent to an activating group) is 1. The third kappa shape index (κ3) is 4.53. The Kier molecular flexibility index (Phi) is 6.59. The first kappa shape index (κ1) is 25.4. The molecular weight excluding hydrogens is 460 g/mol. The summed E-state index contributed by atoms with van der Waals surface area (Å²) >= 11 is 0. The Morgan fingerprint density at radius 3 is 1.97 bits per heavy atom. The van der Waals surface area contributed by atoms with Gasteiger partial charge in [0.1, 0.15) is 0 Å². The highest BCUT2D eigenvalue weighted by Crippen LogP contribution is 2.43. The minimum absolute atomic E-state index is 0.195. The number of nitrogens with one attached hydrogen (secondary N) is 3. The summed E-state index contributed by atoms with van der Waals surface area (Å²) in [6.45, 7) is 9.80. The number of rotatable bonds is 6. The molecule has 37 heavy (non-hydrogen) atoms. The Bertz CT molecular complexity index is 1310. The van der Waals surface area contributed by atoms with E-state index in [1.54, 1.807) is 7.05 Å². The molecule has 6 nitrogen and oxygen atoms in total. The van der Waals surface area contributed by atoms with Gasteiger partial charge in [-0.1, -0.05) is 61.9 Å². The van der Waals surface area contributed by atoms with Crippen LogP contribution in [-0.2, 0) is 20.5 Å². The van der Waals surface area contributed by atoms with Gasteiger partial charge >= 0.3 is 14.1 Å². The standard InChI is InChI=1S/C29H35B2N3O3/c1-7-10-19-15-17-21(18-16-19)25(31-36-28(2,3)29(4,5)37-31)26(27(35)32-6)30-33-22-13-8-11-20-12-9-14-23(34-30)24(20)22/h8-9,11-18,33-34H,7,10H2,1-6H3,(H,32,35)/b26-25-. The summed E-state index contributed by atoms with van der Waals surface area (Å²) in [7, 11) is 0.942. The van der Waals surface area contributed by atoms with Gasteiger partial charge in [0.25, 0.3) is 0 Å². The van der Waals surface area contributed by atoms with E-state index in [0.717, 1.165) is 46.0 Å². The molecule has 1 saturated heterocycles. The minimum atomic E-state index is -0.717. The van der Waals surface area contributed by atoms with Crippen LogP contribution >= 0.6 is 0 Å². The number of benzene rings is 3. The average molecular weight is 495 g/mol. The van der Waals surface area contributed by atoms with Gasteiger partial charge in [-0.05, 0) is 68.2 Å². The molecule has 0 aromatic heterocycles. The van der Waals surface area contributed by atoms with Crippen molar-refractivity contribution in [2.75, 3.05) is 17.5 Å². The van der Waals surface area contributed by atoms with Crippen LogP contribution in [0, 0.1) is 0 Å². The summed E-state index contributed by atoms with van der Waals surface area (Å²) in [4.78, 5) is 13.7. The van der Waals surface area contributed by atoms with E-state index in [9.17, 15) is 4.79 Å². The molecule has 3 aromatic rings. The van der Waals surface area contributed by atoms with Crippen LogP contribution < -0.4 is 15.8 Å². The summed E-state index contributed by atoms with van der Waals surface area (Å²) in [5.74, 6) is -0.195. The number of amides is 1. The molecule has 2 heterocycles. The molecule has 1 fully saturated rings. The highest BCUT2D eigenvalue weighted by Gasteiger charge is 2.54. The molecule has 3 aromatic carbocycles. The van der Waals surface area contributed by atoms with Crippen LogP contribution in [0.1, 0.15) is 52.2 Å². The Labute approximate surface area is 220 Å². The second-order valence-corrected chi connectivity index (χ2v) is 10.9. The van der Waals surface area contributed by atoms with Gasteiger partial charge < -0.3 is 25.1 Å². The van der Waals surface area contributed by atoms with Gasteiger partial charge in [0.15, 0.2) is 0 Å². The third-order valence-corrected chi connectivity index (χ3v) is 7.85. The fourth-order valence-corrected chi connectivity index (χ4v) is 5.14. The van der Waals surface area contributed by atoms with Gasteiger partial charge in [0, 0.05) is 29.3 Å². The zero-order valence-corrected chi connectivity index (χ0v) is 22.6. The zero-order chi connectivity index (χ0) is 26.4. The minimum Gasteiger partial charge on any atom is -0.405 e. The SMILES string of the molecule is CCCc1ccc(/C(B2OC(C)(C)C(C)(C)O2)=C(/B2Nc3cccc4cccc(c34)N2)C(=O)NC)cc1. The van der Waals surface area contributed by atoms with Gasteiger partial charge in [-0.2, -0.15) is 0 Å². The van der Waals surface area contributed by atoms with Crippen LogP contribution in [0.15, 0.2) is 66.1 Å². The molecular formula is C29H35B2N3O3. The van der Waals surface area contributed by atoms with Crippen molar-refractivity contribution in [3.05, 3.63) is 77.3 Å². The number of carbonyl (C=O) groups is 1. The van der Waals surface area contributed by atoms with Crippen molar-refractivity contribution in [1.29, 1.82) is 0 Å². The van der Waals surface area contributed by atoms with Crippen LogP contribution in [0.3, 0.4) is 0 Å². The fourth-order valence-electron chi connectivity index (χ4n) is 5.14. The van der Waals surface area contributed by atoms with Crippen molar-refractivity contribution in [3.8, 4) is 0 Å². The van der Waals surface area contributed by atoms with E-state index in [-0.39, 0.29) is 5.91 Å². The summed E-state index contributed by atoms with van der Waals surface area (Å²) in [6.07, 6.45) is 2.08. The Hall–Kier alpha value is -3.22. The monoisotopic (exact) mass is 495 g/mol. The predicted octanol–water partition coefficient (Wildman–Crippen LogP) is 5.49. The maximum absolute atomic E-state index is 13.7. The molecule has 0 atom stereocenters. The molecule has 0 bridgehead atoms. The van der Waals surface area contributed by atoms with Gasteiger partial charge in [-0.15, -0.1) is 0 Å². The highest BCUT2D eigenvalue weighted by molar-refractivity contribution is 6.85. The largest absolute Gasteiger partial charge is 0.495 e. The van der Waals surface area contributed by atoms with Crippen LogP contribution in [0.2, 0.25) is 0 Å². The number of aryl methyl sites for hydroxylation is 1. The molecule has 0 aliphatic carbocycles. The smallest absolute Gasteiger partial charge is 0.405 e. The van der Waals surface area contributed by atoms with Crippen LogP contribution in [0.4, 0.5) is 11.4 Å². The van der Waals surface area contributed by atoms with E-state index in [4.69, 9.17) is 9.31 Å². The van der Waals surface area contributed by atoms with E-state index in [2.05, 4.69) is 71.2 Å². The molecule has 0 spiro atoms. The number of hydrogen-bond acceptors (Lipinski definition) is 5. The second kappa shape index (κ2) is 9.58. The lowest BCUT2D eigenvalue weighted by Crippen LogP contribution is -2.46. The molecule has 190 valence electrons. The van der Waals surface area contributed by atoms with E-state index in [1.807, 2.05) is 39.8 Å². The predicted molar refractivity (Wildman–Crippen MR) is 154 cm³/mol. The molecule has 5 rings (SSSR count). The maximum atomic E-state index is 13.7. The Morgan fingerprint density at radius 1 is 0.892 bits per heavy atom. The molecule has 1 amide bonds. The molecule has 0 saturated carbocycles. The van der Waals surface area contributed by atoms with Gasteiger partial charge in [0.05, 0.1) is 11.2 Å². The van der Waals surface area contributed by atoms with Crippen LogP contribution in [-0.4, -0.2) is 38.3 Å². The summed E-state index contributed by atoms with van der Waals surface area (Å²) in [5.41, 5.74) is 4.27. The number of carbonyl (C=O) groups excluding carboxylic acids is 1. The average Bonchev–Trinajstić information content (AvgIpc) is 3.09. The highest BCUT2D eigenvalue weighted by atomic mass is 16.7. The first-order valence-electron chi connectivity index (χ1n) is 13.1. The summed E-state index contributed by atoms with van der Waals surface area (Å²) in [5, 5.41) is 12.3. The van der Waals surface area contributed by atoms with Crippen molar-refractivity contribution in [2.24, 2.45) is 0 Å².